The van der Waals surface area contributed by atoms with E-state index in [1.807, 2.05) is 0 Å². The third kappa shape index (κ3) is 3.17. The van der Waals surface area contributed by atoms with E-state index in [0.29, 0.717) is 44.9 Å². The molecule has 5 rings (SSSR count). The minimum atomic E-state index is -1.46. The minimum absolute atomic E-state index is 0.00408. The molecule has 37 heavy (non-hydrogen) atoms. The molecule has 2 unspecified atom stereocenters. The lowest BCUT2D eigenvalue weighted by atomic mass is 9.33. The number of rotatable bonds is 3. The monoisotopic (exact) mass is 518 g/mol. The number of aliphatic hydroxyl groups is 3. The molecule has 0 aromatic carbocycles. The first-order valence-corrected chi connectivity index (χ1v) is 14.2. The molecule has 0 aromatic rings. The number of aliphatic carboxylic acids is 2. The van der Waals surface area contributed by atoms with E-state index in [1.165, 1.54) is 0 Å². The van der Waals surface area contributed by atoms with Gasteiger partial charge in [0, 0.05) is 5.41 Å². The Morgan fingerprint density at radius 1 is 0.892 bits per heavy atom. The highest BCUT2D eigenvalue weighted by molar-refractivity contribution is 5.77. The predicted octanol–water partition coefficient (Wildman–Crippen LogP) is 4.24. The summed E-state index contributed by atoms with van der Waals surface area (Å²) in [6.07, 6.45) is 5.50. The minimum Gasteiger partial charge on any atom is -0.481 e. The molecule has 4 saturated carbocycles. The van der Waals surface area contributed by atoms with Crippen LogP contribution in [-0.2, 0) is 9.59 Å². The van der Waals surface area contributed by atoms with Crippen LogP contribution in [0.25, 0.3) is 0 Å². The highest BCUT2D eigenvalue weighted by Crippen LogP contribution is 2.75. The van der Waals surface area contributed by atoms with Gasteiger partial charge in [-0.25, -0.2) is 0 Å². The fourth-order valence-electron chi connectivity index (χ4n) is 10.9. The highest BCUT2D eigenvalue weighted by atomic mass is 16.4. The van der Waals surface area contributed by atoms with E-state index >= 15 is 0 Å². The van der Waals surface area contributed by atoms with Crippen LogP contribution in [0.3, 0.4) is 0 Å². The Morgan fingerprint density at radius 2 is 1.54 bits per heavy atom. The summed E-state index contributed by atoms with van der Waals surface area (Å²) in [7, 11) is 0. The normalized spacial score (nSPS) is 52.5. The number of carbonyl (C=O) groups is 2. The molecule has 5 N–H and O–H groups in total. The van der Waals surface area contributed by atoms with Crippen LogP contribution in [0.5, 0.6) is 0 Å². The van der Waals surface area contributed by atoms with Crippen molar-refractivity contribution < 1.29 is 35.1 Å². The van der Waals surface area contributed by atoms with E-state index in [-0.39, 0.29) is 35.2 Å². The summed E-state index contributed by atoms with van der Waals surface area (Å²) in [5.74, 6) is -2.22. The van der Waals surface area contributed by atoms with Crippen LogP contribution in [0.4, 0.5) is 0 Å². The van der Waals surface area contributed by atoms with Crippen molar-refractivity contribution >= 4 is 11.9 Å². The molecule has 0 saturated heterocycles. The molecule has 5 aliphatic rings. The molecular formula is C30H46O7. The quantitative estimate of drug-likeness (QED) is 0.353. The van der Waals surface area contributed by atoms with Gasteiger partial charge >= 0.3 is 11.9 Å². The SMILES string of the molecule is CC1(C)CC[C@]2(C(=O)O)CC[C@]3(CO)C(=CC[C@@H]4[C@@]5(C)C[C@@H](O)[C@H](O)C(C)(C(=O)O)C5CC[C@]43C)[C@H]2C1. The van der Waals surface area contributed by atoms with Crippen molar-refractivity contribution in [2.24, 2.45) is 50.2 Å². The molecule has 208 valence electrons. The lowest BCUT2D eigenvalue weighted by molar-refractivity contribution is -0.244. The van der Waals surface area contributed by atoms with Crippen LogP contribution in [0.1, 0.15) is 92.4 Å². The molecule has 0 bridgehead atoms. The van der Waals surface area contributed by atoms with Crippen LogP contribution in [0.15, 0.2) is 11.6 Å². The Labute approximate surface area is 220 Å². The standard InChI is InChI=1S/C30H46O7/c1-25(2)10-11-29(24(36)37)12-13-30(16-31)17(18(29)14-25)6-7-20-26(3)15-19(32)22(33)28(5,23(34)35)21(26)8-9-27(20,30)4/h6,18-22,31-33H,7-16H2,1-5H3,(H,34,35)(H,36,37)/t18-,19-,20-,21?,22+,26-,27-,28?,29+,30+/m1/s1. The van der Waals surface area contributed by atoms with Crippen molar-refractivity contribution in [2.45, 2.75) is 105 Å². The van der Waals surface area contributed by atoms with Crippen LogP contribution < -0.4 is 0 Å². The second-order valence-electron chi connectivity index (χ2n) is 14.9. The van der Waals surface area contributed by atoms with Crippen LogP contribution in [0.2, 0.25) is 0 Å². The third-order valence-corrected chi connectivity index (χ3v) is 13.1. The Balaban J connectivity index is 1.65. The Kier molecular flexibility index (Phi) is 5.90. The van der Waals surface area contributed by atoms with E-state index < -0.39 is 45.8 Å². The molecule has 0 aromatic heterocycles. The van der Waals surface area contributed by atoms with Gasteiger partial charge in [-0.05, 0) is 98.7 Å². The van der Waals surface area contributed by atoms with Crippen molar-refractivity contribution in [1.29, 1.82) is 0 Å². The second kappa shape index (κ2) is 8.04. The van der Waals surface area contributed by atoms with Gasteiger partial charge in [-0.1, -0.05) is 39.3 Å². The maximum atomic E-state index is 12.8. The van der Waals surface area contributed by atoms with Crippen LogP contribution >= 0.6 is 0 Å². The van der Waals surface area contributed by atoms with Gasteiger partial charge < -0.3 is 25.5 Å². The Hall–Kier alpha value is -1.44. The maximum Gasteiger partial charge on any atom is 0.312 e. The van der Waals surface area contributed by atoms with Gasteiger partial charge in [-0.3, -0.25) is 9.59 Å². The van der Waals surface area contributed by atoms with E-state index in [2.05, 4.69) is 33.8 Å². The van der Waals surface area contributed by atoms with Crippen LogP contribution in [-0.4, -0.2) is 56.3 Å². The van der Waals surface area contributed by atoms with Gasteiger partial charge in [0.15, 0.2) is 0 Å². The van der Waals surface area contributed by atoms with Crippen molar-refractivity contribution in [2.75, 3.05) is 6.61 Å². The molecule has 10 atom stereocenters. The number of fused-ring (bicyclic) bond motifs is 7. The average molecular weight is 519 g/mol. The number of carboxylic acid groups (broad SMARTS) is 2. The van der Waals surface area contributed by atoms with Crippen molar-refractivity contribution in [3.8, 4) is 0 Å². The van der Waals surface area contributed by atoms with E-state index in [1.54, 1.807) is 6.92 Å². The average Bonchev–Trinajstić information content (AvgIpc) is 2.81. The summed E-state index contributed by atoms with van der Waals surface area (Å²) >= 11 is 0. The number of carboxylic acids is 2. The lowest BCUT2D eigenvalue weighted by Gasteiger charge is -2.71. The first-order valence-electron chi connectivity index (χ1n) is 14.2. The van der Waals surface area contributed by atoms with E-state index in [4.69, 9.17) is 0 Å². The molecule has 7 nitrogen and oxygen atoms in total. The smallest absolute Gasteiger partial charge is 0.312 e. The van der Waals surface area contributed by atoms with E-state index in [9.17, 15) is 35.1 Å². The molecule has 0 spiro atoms. The van der Waals surface area contributed by atoms with Gasteiger partial charge in [-0.15, -0.1) is 0 Å². The van der Waals surface area contributed by atoms with Gasteiger partial charge in [0.2, 0.25) is 0 Å². The summed E-state index contributed by atoms with van der Waals surface area (Å²) in [4.78, 5) is 25.4. The van der Waals surface area contributed by atoms with E-state index in [0.717, 1.165) is 18.4 Å². The highest BCUT2D eigenvalue weighted by Gasteiger charge is 2.72. The van der Waals surface area contributed by atoms with Crippen LogP contribution in [0, 0.1) is 50.2 Å². The molecule has 0 heterocycles. The van der Waals surface area contributed by atoms with Gasteiger partial charge in [0.1, 0.15) is 0 Å². The fraction of sp³-hybridized carbons (Fsp3) is 0.867. The van der Waals surface area contributed by atoms with Crippen molar-refractivity contribution in [1.82, 2.24) is 0 Å². The third-order valence-electron chi connectivity index (χ3n) is 13.1. The largest absolute Gasteiger partial charge is 0.481 e. The van der Waals surface area contributed by atoms with Crippen molar-refractivity contribution in [3.05, 3.63) is 11.6 Å². The molecule has 0 radical (unpaired) electrons. The summed E-state index contributed by atoms with van der Waals surface area (Å²) in [5, 5.41) is 53.8. The van der Waals surface area contributed by atoms with Gasteiger partial charge in [0.25, 0.3) is 0 Å². The first-order chi connectivity index (χ1) is 17.1. The lowest BCUT2D eigenvalue weighted by Crippen LogP contribution is -2.69. The number of hydrogen-bond acceptors (Lipinski definition) is 5. The number of aliphatic hydroxyl groups excluding tert-OH is 3. The zero-order valence-corrected chi connectivity index (χ0v) is 23.1. The summed E-state index contributed by atoms with van der Waals surface area (Å²) in [5.41, 5.74) is -2.59. The maximum absolute atomic E-state index is 12.8. The number of allylic oxidation sites excluding steroid dienone is 1. The molecular weight excluding hydrogens is 472 g/mol. The second-order valence-corrected chi connectivity index (χ2v) is 14.9. The number of hydrogen-bond donors (Lipinski definition) is 5. The molecule has 0 aliphatic heterocycles. The predicted molar refractivity (Wildman–Crippen MR) is 137 cm³/mol. The summed E-state index contributed by atoms with van der Waals surface area (Å²) < 4.78 is 0. The first kappa shape index (κ1) is 27.1. The summed E-state index contributed by atoms with van der Waals surface area (Å²) in [6, 6.07) is 0. The Morgan fingerprint density at radius 3 is 2.14 bits per heavy atom. The zero-order valence-electron chi connectivity index (χ0n) is 23.1. The van der Waals surface area contributed by atoms with Gasteiger partial charge in [0.05, 0.1) is 29.6 Å². The van der Waals surface area contributed by atoms with Gasteiger partial charge in [-0.2, -0.15) is 0 Å². The topological polar surface area (TPSA) is 135 Å². The fourth-order valence-corrected chi connectivity index (χ4v) is 10.9. The molecule has 4 fully saturated rings. The molecule has 0 amide bonds. The summed E-state index contributed by atoms with van der Waals surface area (Å²) in [6.45, 7) is 10.3. The van der Waals surface area contributed by atoms with Crippen molar-refractivity contribution in [3.63, 3.8) is 0 Å². The molecule has 7 heteroatoms. The Bertz CT molecular complexity index is 1030. The molecule has 5 aliphatic carbocycles. The zero-order chi connectivity index (χ0) is 27.4.